The molecule has 0 atom stereocenters. The van der Waals surface area contributed by atoms with Gasteiger partial charge in [0.15, 0.2) is 0 Å². The molecule has 1 aromatic heterocycles. The first-order valence-corrected chi connectivity index (χ1v) is 5.82. The van der Waals surface area contributed by atoms with E-state index in [-0.39, 0.29) is 5.91 Å². The molecule has 19 heavy (non-hydrogen) atoms. The molecular weight excluding hydrogens is 246 g/mol. The van der Waals surface area contributed by atoms with E-state index in [1.54, 1.807) is 18.0 Å². The molecular formula is C13H15N3O3. The van der Waals surface area contributed by atoms with Gasteiger partial charge in [0.1, 0.15) is 5.69 Å². The number of para-hydroxylation sites is 1. The fourth-order valence-corrected chi connectivity index (χ4v) is 1.55. The second kappa shape index (κ2) is 6.67. The molecule has 2 aromatic rings. The van der Waals surface area contributed by atoms with Gasteiger partial charge in [0.05, 0.1) is 25.7 Å². The number of nitrogens with one attached hydrogen (secondary N) is 1. The van der Waals surface area contributed by atoms with Gasteiger partial charge in [0, 0.05) is 12.8 Å². The van der Waals surface area contributed by atoms with Crippen LogP contribution >= 0.6 is 0 Å². The van der Waals surface area contributed by atoms with Gasteiger partial charge in [-0.1, -0.05) is 18.2 Å². The van der Waals surface area contributed by atoms with E-state index < -0.39 is 0 Å². The molecule has 0 saturated heterocycles. The molecule has 0 fully saturated rings. The molecule has 0 aliphatic carbocycles. The number of methoxy groups -OCH3 is 1. The number of rotatable bonds is 6. The standard InChI is InChI=1S/C13H15N3O3/c1-18-7-8-19-15-13(17)12-9-14-10-16(12)11-5-3-2-4-6-11/h2-6,9-10H,7-8H2,1H3,(H,15,17). The van der Waals surface area contributed by atoms with Gasteiger partial charge in [0.25, 0.3) is 5.91 Å². The molecule has 0 unspecified atom stereocenters. The van der Waals surface area contributed by atoms with Gasteiger partial charge in [0.2, 0.25) is 0 Å². The molecule has 100 valence electrons. The predicted octanol–water partition coefficient (Wildman–Crippen LogP) is 1.18. The topological polar surface area (TPSA) is 65.4 Å². The molecule has 1 aromatic carbocycles. The number of carbonyl (C=O) groups is 1. The average Bonchev–Trinajstić information content (AvgIpc) is 2.94. The van der Waals surface area contributed by atoms with Crippen LogP contribution in [0, 0.1) is 0 Å². The van der Waals surface area contributed by atoms with E-state index in [4.69, 9.17) is 9.57 Å². The van der Waals surface area contributed by atoms with Crippen molar-refractivity contribution < 1.29 is 14.4 Å². The molecule has 6 heteroatoms. The summed E-state index contributed by atoms with van der Waals surface area (Å²) in [6.07, 6.45) is 3.07. The van der Waals surface area contributed by atoms with Gasteiger partial charge < -0.3 is 4.74 Å². The van der Waals surface area contributed by atoms with Gasteiger partial charge in [-0.25, -0.2) is 10.5 Å². The van der Waals surface area contributed by atoms with Gasteiger partial charge in [-0.15, -0.1) is 0 Å². The summed E-state index contributed by atoms with van der Waals surface area (Å²) in [5.41, 5.74) is 3.62. The minimum atomic E-state index is -0.350. The monoisotopic (exact) mass is 261 g/mol. The minimum absolute atomic E-state index is 0.293. The lowest BCUT2D eigenvalue weighted by atomic mass is 10.3. The Morgan fingerprint density at radius 3 is 2.84 bits per heavy atom. The van der Waals surface area contributed by atoms with Gasteiger partial charge in [-0.2, -0.15) is 0 Å². The Hall–Kier alpha value is -2.18. The molecule has 0 bridgehead atoms. The smallest absolute Gasteiger partial charge is 0.293 e. The summed E-state index contributed by atoms with van der Waals surface area (Å²) in [5, 5.41) is 0. The van der Waals surface area contributed by atoms with Crippen molar-refractivity contribution in [1.29, 1.82) is 0 Å². The average molecular weight is 261 g/mol. The van der Waals surface area contributed by atoms with Crippen LogP contribution in [0.1, 0.15) is 10.5 Å². The van der Waals surface area contributed by atoms with Crippen molar-refractivity contribution in [3.63, 3.8) is 0 Å². The number of hydroxylamine groups is 1. The second-order valence-electron chi connectivity index (χ2n) is 3.76. The summed E-state index contributed by atoms with van der Waals surface area (Å²) in [6.45, 7) is 0.708. The summed E-state index contributed by atoms with van der Waals surface area (Å²) in [7, 11) is 1.57. The van der Waals surface area contributed by atoms with E-state index in [1.165, 1.54) is 6.20 Å². The van der Waals surface area contributed by atoms with Crippen molar-refractivity contribution in [1.82, 2.24) is 15.0 Å². The Bertz CT molecular complexity index is 525. The summed E-state index contributed by atoms with van der Waals surface area (Å²) in [4.78, 5) is 20.9. The normalized spacial score (nSPS) is 10.4. The number of hydrogen-bond donors (Lipinski definition) is 1. The van der Waals surface area contributed by atoms with Crippen LogP contribution in [0.3, 0.4) is 0 Å². The van der Waals surface area contributed by atoms with E-state index in [9.17, 15) is 4.79 Å². The first-order valence-electron chi connectivity index (χ1n) is 5.82. The van der Waals surface area contributed by atoms with E-state index in [1.807, 2.05) is 30.3 Å². The number of amides is 1. The summed E-state index contributed by atoms with van der Waals surface area (Å²) < 4.78 is 6.50. The molecule has 0 spiro atoms. The number of aromatic nitrogens is 2. The largest absolute Gasteiger partial charge is 0.382 e. The minimum Gasteiger partial charge on any atom is -0.382 e. The number of nitrogens with zero attached hydrogens (tertiary/aromatic N) is 2. The molecule has 0 aliphatic heterocycles. The van der Waals surface area contributed by atoms with Crippen molar-refractivity contribution >= 4 is 5.91 Å². The highest BCUT2D eigenvalue weighted by Gasteiger charge is 2.12. The summed E-state index contributed by atoms with van der Waals surface area (Å²) in [6, 6.07) is 9.49. The third-order valence-corrected chi connectivity index (χ3v) is 2.46. The lowest BCUT2D eigenvalue weighted by Gasteiger charge is -2.08. The molecule has 0 aliphatic rings. The molecule has 6 nitrogen and oxygen atoms in total. The number of ether oxygens (including phenoxy) is 1. The Morgan fingerprint density at radius 1 is 1.32 bits per heavy atom. The lowest BCUT2D eigenvalue weighted by molar-refractivity contribution is 0.00847. The number of imidazole rings is 1. The summed E-state index contributed by atoms with van der Waals surface area (Å²) in [5.74, 6) is -0.350. The van der Waals surface area contributed by atoms with Crippen molar-refractivity contribution in [2.45, 2.75) is 0 Å². The fourth-order valence-electron chi connectivity index (χ4n) is 1.55. The Balaban J connectivity index is 2.05. The molecule has 0 saturated carbocycles. The van der Waals surface area contributed by atoms with Crippen molar-refractivity contribution in [2.75, 3.05) is 20.3 Å². The molecule has 1 amide bonds. The van der Waals surface area contributed by atoms with Gasteiger partial charge >= 0.3 is 0 Å². The maximum atomic E-state index is 11.9. The van der Waals surface area contributed by atoms with E-state index >= 15 is 0 Å². The number of hydrogen-bond acceptors (Lipinski definition) is 4. The predicted molar refractivity (Wildman–Crippen MR) is 68.9 cm³/mol. The van der Waals surface area contributed by atoms with Crippen molar-refractivity contribution in [3.8, 4) is 5.69 Å². The van der Waals surface area contributed by atoms with Crippen LogP contribution in [0.4, 0.5) is 0 Å². The zero-order valence-electron chi connectivity index (χ0n) is 10.6. The number of benzene rings is 1. The van der Waals surface area contributed by atoms with Crippen LogP contribution in [0.2, 0.25) is 0 Å². The molecule has 1 heterocycles. The lowest BCUT2D eigenvalue weighted by Crippen LogP contribution is -2.27. The molecule has 2 rings (SSSR count). The molecule has 1 N–H and O–H groups in total. The maximum Gasteiger partial charge on any atom is 0.293 e. The third-order valence-electron chi connectivity index (χ3n) is 2.46. The van der Waals surface area contributed by atoms with E-state index in [2.05, 4.69) is 10.5 Å². The van der Waals surface area contributed by atoms with E-state index in [0.29, 0.717) is 18.9 Å². The SMILES string of the molecule is COCCONC(=O)c1cncn1-c1ccccc1. The zero-order valence-corrected chi connectivity index (χ0v) is 10.6. The zero-order chi connectivity index (χ0) is 13.5. The maximum absolute atomic E-state index is 11.9. The second-order valence-corrected chi connectivity index (χ2v) is 3.76. The first kappa shape index (κ1) is 13.3. The molecule has 0 radical (unpaired) electrons. The third kappa shape index (κ3) is 3.40. The Labute approximate surface area is 110 Å². The first-order chi connectivity index (χ1) is 9.33. The van der Waals surface area contributed by atoms with Crippen LogP contribution in [-0.2, 0) is 9.57 Å². The van der Waals surface area contributed by atoms with Crippen LogP contribution in [0.25, 0.3) is 5.69 Å². The van der Waals surface area contributed by atoms with Crippen LogP contribution in [-0.4, -0.2) is 35.8 Å². The van der Waals surface area contributed by atoms with Gasteiger partial charge in [-0.05, 0) is 12.1 Å². The number of carbonyl (C=O) groups excluding carboxylic acids is 1. The highest BCUT2D eigenvalue weighted by Crippen LogP contribution is 2.10. The Kier molecular flexibility index (Phi) is 4.66. The van der Waals surface area contributed by atoms with Crippen LogP contribution < -0.4 is 5.48 Å². The highest BCUT2D eigenvalue weighted by molar-refractivity contribution is 5.92. The van der Waals surface area contributed by atoms with Crippen molar-refractivity contribution in [3.05, 3.63) is 48.5 Å². The van der Waals surface area contributed by atoms with Crippen LogP contribution in [0.15, 0.2) is 42.9 Å². The quantitative estimate of drug-likeness (QED) is 0.626. The highest BCUT2D eigenvalue weighted by atomic mass is 16.7. The summed E-state index contributed by atoms with van der Waals surface area (Å²) >= 11 is 0. The van der Waals surface area contributed by atoms with Crippen LogP contribution in [0.5, 0.6) is 0 Å². The van der Waals surface area contributed by atoms with Crippen molar-refractivity contribution in [2.24, 2.45) is 0 Å². The van der Waals surface area contributed by atoms with Gasteiger partial charge in [-0.3, -0.25) is 14.2 Å². The Morgan fingerprint density at radius 2 is 2.11 bits per heavy atom. The van der Waals surface area contributed by atoms with E-state index in [0.717, 1.165) is 5.69 Å². The fraction of sp³-hybridized carbons (Fsp3) is 0.231.